The molecule has 2 aliphatic rings. The second kappa shape index (κ2) is 5.60. The first-order valence-electron chi connectivity index (χ1n) is 7.94. The average Bonchev–Trinajstić information content (AvgIpc) is 2.95. The molecule has 1 amide bonds. The van der Waals surface area contributed by atoms with E-state index < -0.39 is 17.7 Å². The molecule has 1 aliphatic carbocycles. The molecule has 5 heteroatoms. The van der Waals surface area contributed by atoms with Crippen molar-refractivity contribution in [2.75, 3.05) is 4.90 Å². The molecular weight excluding hydrogens is 316 g/mol. The maximum atomic E-state index is 12.7. The Morgan fingerprint density at radius 3 is 2.48 bits per heavy atom. The van der Waals surface area contributed by atoms with E-state index in [1.807, 2.05) is 30.3 Å². The Kier molecular flexibility index (Phi) is 3.40. The standard InChI is InChI=1S/C20H14N2O3/c21-13-14-6-8-15(9-7-14)20-11-10-17(23)12-18(20)22(19(24)25-20)16-4-2-1-3-5-16/h1-11,18H,12H2/t18-,20-/m0/s1. The molecule has 0 bridgehead atoms. The minimum atomic E-state index is -1.03. The number of allylic oxidation sites excluding steroid dienone is 1. The van der Waals surface area contributed by atoms with Crippen LogP contribution in [0.3, 0.4) is 0 Å². The van der Waals surface area contributed by atoms with E-state index in [0.717, 1.165) is 5.56 Å². The van der Waals surface area contributed by atoms with Crippen LogP contribution in [0.2, 0.25) is 0 Å². The summed E-state index contributed by atoms with van der Waals surface area (Å²) in [5.74, 6) is -0.0477. The van der Waals surface area contributed by atoms with Crippen molar-refractivity contribution in [3.05, 3.63) is 77.9 Å². The zero-order valence-corrected chi connectivity index (χ0v) is 13.3. The number of carbonyl (C=O) groups is 2. The lowest BCUT2D eigenvalue weighted by Gasteiger charge is -2.34. The predicted molar refractivity (Wildman–Crippen MR) is 90.8 cm³/mol. The molecule has 0 spiro atoms. The zero-order valence-electron chi connectivity index (χ0n) is 13.3. The molecule has 1 fully saturated rings. The van der Waals surface area contributed by atoms with Crippen LogP contribution in [-0.4, -0.2) is 17.9 Å². The summed E-state index contributed by atoms with van der Waals surface area (Å²) in [5.41, 5.74) is 0.925. The largest absolute Gasteiger partial charge is 0.431 e. The summed E-state index contributed by atoms with van der Waals surface area (Å²) < 4.78 is 5.79. The molecule has 1 saturated heterocycles. The van der Waals surface area contributed by atoms with Crippen molar-refractivity contribution in [3.8, 4) is 6.07 Å². The smallest absolute Gasteiger partial charge is 0.416 e. The third kappa shape index (κ3) is 2.31. The van der Waals surface area contributed by atoms with Gasteiger partial charge in [0.05, 0.1) is 17.7 Å². The number of hydrogen-bond donors (Lipinski definition) is 0. The predicted octanol–water partition coefficient (Wildman–Crippen LogP) is 3.31. The molecule has 2 atom stereocenters. The third-order valence-corrected chi connectivity index (χ3v) is 4.67. The highest BCUT2D eigenvalue weighted by molar-refractivity contribution is 5.98. The monoisotopic (exact) mass is 330 g/mol. The number of nitrogens with zero attached hydrogens (tertiary/aromatic N) is 2. The number of rotatable bonds is 2. The first-order chi connectivity index (χ1) is 12.1. The Hall–Kier alpha value is -3.39. The van der Waals surface area contributed by atoms with E-state index in [0.29, 0.717) is 11.3 Å². The van der Waals surface area contributed by atoms with Crippen LogP contribution >= 0.6 is 0 Å². The van der Waals surface area contributed by atoms with Gasteiger partial charge in [-0.1, -0.05) is 30.3 Å². The number of ketones is 1. The molecule has 122 valence electrons. The lowest BCUT2D eigenvalue weighted by molar-refractivity contribution is -0.116. The number of benzene rings is 2. The molecule has 1 aliphatic heterocycles. The lowest BCUT2D eigenvalue weighted by Crippen LogP contribution is -2.46. The number of para-hydroxylation sites is 1. The second-order valence-corrected chi connectivity index (χ2v) is 6.08. The van der Waals surface area contributed by atoms with Crippen molar-refractivity contribution in [1.82, 2.24) is 0 Å². The number of amides is 1. The number of ether oxygens (including phenoxy) is 1. The van der Waals surface area contributed by atoms with Crippen LogP contribution in [0.1, 0.15) is 17.5 Å². The topological polar surface area (TPSA) is 70.4 Å². The number of hydrogen-bond acceptors (Lipinski definition) is 4. The third-order valence-electron chi connectivity index (χ3n) is 4.67. The zero-order chi connectivity index (χ0) is 17.4. The maximum absolute atomic E-state index is 12.7. The van der Waals surface area contributed by atoms with Crippen molar-refractivity contribution in [3.63, 3.8) is 0 Å². The summed E-state index contributed by atoms with van der Waals surface area (Å²) in [5, 5.41) is 8.99. The van der Waals surface area contributed by atoms with Gasteiger partial charge in [-0.25, -0.2) is 4.79 Å². The Morgan fingerprint density at radius 2 is 1.80 bits per heavy atom. The molecule has 4 rings (SSSR count). The molecule has 5 nitrogen and oxygen atoms in total. The summed E-state index contributed by atoms with van der Waals surface area (Å²) in [6.07, 6.45) is 2.82. The van der Waals surface area contributed by atoms with Crippen molar-refractivity contribution < 1.29 is 14.3 Å². The van der Waals surface area contributed by atoms with Gasteiger partial charge >= 0.3 is 6.09 Å². The molecular formula is C20H14N2O3. The minimum absolute atomic E-state index is 0.0477. The van der Waals surface area contributed by atoms with Gasteiger partial charge < -0.3 is 4.74 Å². The molecule has 1 heterocycles. The molecule has 0 N–H and O–H groups in total. The van der Waals surface area contributed by atoms with Gasteiger partial charge in [0.15, 0.2) is 11.4 Å². The van der Waals surface area contributed by atoms with Crippen molar-refractivity contribution >= 4 is 17.6 Å². The highest BCUT2D eigenvalue weighted by Crippen LogP contribution is 2.45. The van der Waals surface area contributed by atoms with Crippen molar-refractivity contribution in [2.45, 2.75) is 18.1 Å². The van der Waals surface area contributed by atoms with Gasteiger partial charge in [0.1, 0.15) is 0 Å². The molecule has 25 heavy (non-hydrogen) atoms. The normalized spacial score (nSPS) is 24.6. The number of carbonyl (C=O) groups excluding carboxylic acids is 2. The number of nitriles is 1. The molecule has 0 radical (unpaired) electrons. The van der Waals surface area contributed by atoms with Gasteiger partial charge in [0.2, 0.25) is 0 Å². The summed E-state index contributed by atoms with van der Waals surface area (Å²) >= 11 is 0. The van der Waals surface area contributed by atoms with Gasteiger partial charge in [-0.2, -0.15) is 5.26 Å². The number of fused-ring (bicyclic) bond motifs is 1. The summed E-state index contributed by atoms with van der Waals surface area (Å²) in [4.78, 5) is 26.2. The van der Waals surface area contributed by atoms with E-state index in [2.05, 4.69) is 6.07 Å². The fourth-order valence-corrected chi connectivity index (χ4v) is 3.47. The van der Waals surface area contributed by atoms with Gasteiger partial charge in [-0.15, -0.1) is 0 Å². The van der Waals surface area contributed by atoms with Crippen LogP contribution in [0.4, 0.5) is 10.5 Å². The van der Waals surface area contributed by atoms with Gasteiger partial charge in [-0.3, -0.25) is 9.69 Å². The van der Waals surface area contributed by atoms with E-state index in [-0.39, 0.29) is 12.2 Å². The first kappa shape index (κ1) is 15.2. The highest BCUT2D eigenvalue weighted by Gasteiger charge is 2.56. The fraction of sp³-hybridized carbons (Fsp3) is 0.150. The highest BCUT2D eigenvalue weighted by atomic mass is 16.6. The van der Waals surface area contributed by atoms with E-state index in [1.54, 1.807) is 35.2 Å². The summed E-state index contributed by atoms with van der Waals surface area (Å²) in [7, 11) is 0. The number of anilines is 1. The van der Waals surface area contributed by atoms with Crippen molar-refractivity contribution in [1.29, 1.82) is 5.26 Å². The van der Waals surface area contributed by atoms with Gasteiger partial charge in [-0.05, 0) is 36.4 Å². The van der Waals surface area contributed by atoms with Crippen LogP contribution in [0.15, 0.2) is 66.7 Å². The molecule has 0 saturated carbocycles. The fourth-order valence-electron chi connectivity index (χ4n) is 3.47. The summed E-state index contributed by atoms with van der Waals surface area (Å²) in [6.45, 7) is 0. The molecule has 2 aromatic rings. The lowest BCUT2D eigenvalue weighted by atomic mass is 9.79. The quantitative estimate of drug-likeness (QED) is 0.847. The van der Waals surface area contributed by atoms with Gasteiger partial charge in [0.25, 0.3) is 0 Å². The van der Waals surface area contributed by atoms with Gasteiger partial charge in [0, 0.05) is 17.7 Å². The van der Waals surface area contributed by atoms with Crippen LogP contribution in [0.25, 0.3) is 0 Å². The van der Waals surface area contributed by atoms with E-state index >= 15 is 0 Å². The second-order valence-electron chi connectivity index (χ2n) is 6.08. The Morgan fingerprint density at radius 1 is 1.08 bits per heavy atom. The Labute approximate surface area is 144 Å². The van der Waals surface area contributed by atoms with Crippen LogP contribution < -0.4 is 4.90 Å². The Bertz CT molecular complexity index is 912. The van der Waals surface area contributed by atoms with Crippen molar-refractivity contribution in [2.24, 2.45) is 0 Å². The van der Waals surface area contributed by atoms with E-state index in [9.17, 15) is 9.59 Å². The molecule has 2 aromatic carbocycles. The van der Waals surface area contributed by atoms with E-state index in [1.165, 1.54) is 6.08 Å². The molecule has 0 aromatic heterocycles. The van der Waals surface area contributed by atoms with Crippen LogP contribution in [0.5, 0.6) is 0 Å². The van der Waals surface area contributed by atoms with E-state index in [4.69, 9.17) is 10.00 Å². The molecule has 0 unspecified atom stereocenters. The SMILES string of the molecule is N#Cc1ccc([C@@]23C=CC(=O)C[C@@H]2N(c2ccccc2)C(=O)O3)cc1. The average molecular weight is 330 g/mol. The summed E-state index contributed by atoms with van der Waals surface area (Å²) in [6, 6.07) is 17.7. The Balaban J connectivity index is 1.84. The first-order valence-corrected chi connectivity index (χ1v) is 7.94. The minimum Gasteiger partial charge on any atom is -0.431 e. The van der Waals surface area contributed by atoms with Crippen LogP contribution in [0, 0.1) is 11.3 Å². The maximum Gasteiger partial charge on any atom is 0.416 e. The van der Waals surface area contributed by atoms with Crippen LogP contribution in [-0.2, 0) is 15.1 Å².